The molecule has 2 aliphatic rings. The van der Waals surface area contributed by atoms with E-state index in [1.54, 1.807) is 6.07 Å². The third-order valence-corrected chi connectivity index (χ3v) is 8.25. The summed E-state index contributed by atoms with van der Waals surface area (Å²) in [5.74, 6) is 0.240. The number of anilines is 2. The van der Waals surface area contributed by atoms with E-state index in [0.717, 1.165) is 51.0 Å². The number of aromatic nitrogens is 5. The van der Waals surface area contributed by atoms with Crippen molar-refractivity contribution in [2.24, 2.45) is 0 Å². The second-order valence-electron chi connectivity index (χ2n) is 12.0. The van der Waals surface area contributed by atoms with E-state index in [4.69, 9.17) is 4.74 Å². The monoisotopic (exact) mass is 576 g/mol. The fraction of sp³-hybridized carbons (Fsp3) is 0.484. The van der Waals surface area contributed by atoms with Gasteiger partial charge in [0.25, 0.3) is 0 Å². The number of likely N-dealkylation sites (tertiary alicyclic amines) is 1. The van der Waals surface area contributed by atoms with Crippen molar-refractivity contribution in [1.82, 2.24) is 34.3 Å². The third kappa shape index (κ3) is 5.99. The maximum Gasteiger partial charge on any atom is 0.229 e. The lowest BCUT2D eigenvalue weighted by Gasteiger charge is -2.42. The van der Waals surface area contributed by atoms with Gasteiger partial charge in [-0.3, -0.25) is 4.90 Å². The third-order valence-electron chi connectivity index (χ3n) is 8.25. The summed E-state index contributed by atoms with van der Waals surface area (Å²) in [7, 11) is 0. The smallest absolute Gasteiger partial charge is 0.229 e. The van der Waals surface area contributed by atoms with Gasteiger partial charge in [0, 0.05) is 44.0 Å². The van der Waals surface area contributed by atoms with Crippen molar-refractivity contribution < 1.29 is 13.5 Å². The summed E-state index contributed by atoms with van der Waals surface area (Å²) >= 11 is 0. The number of pyridine rings is 1. The number of halogens is 2. The number of hydrogen-bond acceptors (Lipinski definition) is 8. The van der Waals surface area contributed by atoms with Crippen molar-refractivity contribution in [1.29, 1.82) is 0 Å². The van der Waals surface area contributed by atoms with E-state index in [2.05, 4.69) is 42.0 Å². The molecule has 5 heterocycles. The van der Waals surface area contributed by atoms with Crippen molar-refractivity contribution >= 4 is 22.8 Å². The molecular formula is C31H38F2N8O. The van der Waals surface area contributed by atoms with Gasteiger partial charge in [-0.05, 0) is 77.4 Å². The van der Waals surface area contributed by atoms with Crippen LogP contribution in [0.15, 0.2) is 36.7 Å². The van der Waals surface area contributed by atoms with Crippen LogP contribution >= 0.6 is 0 Å². The van der Waals surface area contributed by atoms with E-state index in [-0.39, 0.29) is 28.8 Å². The molecule has 2 fully saturated rings. The molecule has 11 heteroatoms. The van der Waals surface area contributed by atoms with E-state index in [1.165, 1.54) is 25.6 Å². The zero-order valence-corrected chi connectivity index (χ0v) is 24.7. The largest absolute Gasteiger partial charge is 0.373 e. The molecule has 9 nitrogen and oxygen atoms in total. The summed E-state index contributed by atoms with van der Waals surface area (Å²) < 4.78 is 38.0. The van der Waals surface area contributed by atoms with Crippen molar-refractivity contribution in [3.8, 4) is 11.3 Å². The van der Waals surface area contributed by atoms with Gasteiger partial charge < -0.3 is 19.5 Å². The van der Waals surface area contributed by atoms with Crippen LogP contribution in [0.4, 0.5) is 20.5 Å². The lowest BCUT2D eigenvalue weighted by molar-refractivity contribution is -0.108. The first kappa shape index (κ1) is 28.6. The first-order valence-corrected chi connectivity index (χ1v) is 14.7. The molecular weight excluding hydrogens is 538 g/mol. The average Bonchev–Trinajstić information content (AvgIpc) is 3.26. The molecule has 6 rings (SSSR count). The van der Waals surface area contributed by atoms with Crippen LogP contribution in [-0.2, 0) is 11.3 Å². The molecule has 2 aliphatic heterocycles. The highest BCUT2D eigenvalue weighted by Crippen LogP contribution is 2.31. The Morgan fingerprint density at radius 1 is 1.02 bits per heavy atom. The molecule has 42 heavy (non-hydrogen) atoms. The quantitative estimate of drug-likeness (QED) is 0.280. The van der Waals surface area contributed by atoms with Gasteiger partial charge in [0.05, 0.1) is 23.9 Å². The highest BCUT2D eigenvalue weighted by molar-refractivity contribution is 5.83. The lowest BCUT2D eigenvalue weighted by Crippen LogP contribution is -2.51. The van der Waals surface area contributed by atoms with Crippen LogP contribution in [-0.4, -0.2) is 79.2 Å². The molecule has 0 bridgehead atoms. The van der Waals surface area contributed by atoms with Gasteiger partial charge in [-0.2, -0.15) is 0 Å². The van der Waals surface area contributed by atoms with Crippen molar-refractivity contribution in [3.63, 3.8) is 0 Å². The molecule has 1 atom stereocenters. The van der Waals surface area contributed by atoms with Gasteiger partial charge in [0.2, 0.25) is 5.95 Å². The Kier molecular flexibility index (Phi) is 7.91. The number of fused-ring (bicyclic) bond motifs is 1. The summed E-state index contributed by atoms with van der Waals surface area (Å²) in [5, 5.41) is 3.06. The van der Waals surface area contributed by atoms with Gasteiger partial charge in [-0.15, -0.1) is 0 Å². The first-order chi connectivity index (χ1) is 20.2. The normalized spacial score (nSPS) is 19.9. The lowest BCUT2D eigenvalue weighted by atomic mass is 9.98. The van der Waals surface area contributed by atoms with Crippen LogP contribution < -0.4 is 5.32 Å². The van der Waals surface area contributed by atoms with E-state index in [0.29, 0.717) is 22.7 Å². The van der Waals surface area contributed by atoms with Gasteiger partial charge in [0.15, 0.2) is 11.6 Å². The Morgan fingerprint density at radius 3 is 2.57 bits per heavy atom. The summed E-state index contributed by atoms with van der Waals surface area (Å²) in [5.41, 5.74) is 2.13. The van der Waals surface area contributed by atoms with Gasteiger partial charge in [0.1, 0.15) is 22.9 Å². The number of benzene rings is 1. The molecule has 0 aliphatic carbocycles. The molecule has 0 unspecified atom stereocenters. The zero-order chi connectivity index (χ0) is 29.4. The van der Waals surface area contributed by atoms with Crippen LogP contribution in [0.5, 0.6) is 0 Å². The summed E-state index contributed by atoms with van der Waals surface area (Å²) in [6.07, 6.45) is 5.26. The zero-order valence-electron chi connectivity index (χ0n) is 24.7. The Hall–Kier alpha value is -3.54. The van der Waals surface area contributed by atoms with Gasteiger partial charge >= 0.3 is 0 Å². The predicted octanol–water partition coefficient (Wildman–Crippen LogP) is 5.49. The number of aryl methyl sites for hydroxylation is 1. The van der Waals surface area contributed by atoms with Crippen LogP contribution in [0.1, 0.15) is 51.0 Å². The van der Waals surface area contributed by atoms with Crippen LogP contribution in [0.2, 0.25) is 0 Å². The number of morpholine rings is 1. The summed E-state index contributed by atoms with van der Waals surface area (Å²) in [6.45, 7) is 14.8. The first-order valence-electron chi connectivity index (χ1n) is 14.7. The Morgan fingerprint density at radius 2 is 1.86 bits per heavy atom. The maximum atomic E-state index is 15.0. The number of nitrogens with one attached hydrogen (secondary N) is 1. The number of hydrogen-bond donors (Lipinski definition) is 1. The second-order valence-corrected chi connectivity index (χ2v) is 12.0. The minimum Gasteiger partial charge on any atom is -0.373 e. The number of rotatable bonds is 9. The second kappa shape index (κ2) is 11.6. The van der Waals surface area contributed by atoms with E-state index in [1.807, 2.05) is 43.7 Å². The van der Waals surface area contributed by atoms with E-state index in [9.17, 15) is 4.39 Å². The molecule has 0 spiro atoms. The highest BCUT2D eigenvalue weighted by Gasteiger charge is 2.33. The highest BCUT2D eigenvalue weighted by atomic mass is 19.1. The summed E-state index contributed by atoms with van der Waals surface area (Å²) in [6, 6.07) is 6.94. The molecule has 222 valence electrons. The van der Waals surface area contributed by atoms with Crippen molar-refractivity contribution in [2.45, 2.75) is 58.7 Å². The SMILES string of the molecule is Cc1nc2c(F)cc(-c3nc(Nc4ccc(CN5CCO[C@](C)(CCN6CCC6)C5)cn4)ncc3F)cc2n1C(C)C. The van der Waals surface area contributed by atoms with Gasteiger partial charge in [-0.1, -0.05) is 6.07 Å². The molecule has 3 aromatic heterocycles. The molecule has 2 saturated heterocycles. The number of nitrogens with zero attached hydrogens (tertiary/aromatic N) is 7. The standard InChI is InChI=1S/C31H38F2N8O/c1-20(2)41-21(3)36-29-24(32)14-23(15-26(29)41)28-25(33)17-35-30(38-28)37-27-7-6-22(16-34-27)18-40-12-13-42-31(4,19-40)8-11-39-9-5-10-39/h6-7,14-17,20H,5,8-13,18-19H2,1-4H3,(H,34,35,37,38)/t31-/m1/s1. The van der Waals surface area contributed by atoms with Crippen LogP contribution in [0.3, 0.4) is 0 Å². The fourth-order valence-corrected chi connectivity index (χ4v) is 5.96. The van der Waals surface area contributed by atoms with Gasteiger partial charge in [-0.25, -0.2) is 28.7 Å². The molecule has 1 aromatic carbocycles. The van der Waals surface area contributed by atoms with Crippen LogP contribution in [0, 0.1) is 18.6 Å². The maximum absolute atomic E-state index is 15.0. The average molecular weight is 577 g/mol. The van der Waals surface area contributed by atoms with Crippen molar-refractivity contribution in [2.75, 3.05) is 44.6 Å². The Bertz CT molecular complexity index is 1570. The molecule has 4 aromatic rings. The topological polar surface area (TPSA) is 84.2 Å². The molecule has 1 N–H and O–H groups in total. The number of imidazole rings is 1. The minimum atomic E-state index is -0.641. The van der Waals surface area contributed by atoms with E-state index < -0.39 is 11.6 Å². The van der Waals surface area contributed by atoms with E-state index >= 15 is 4.39 Å². The predicted molar refractivity (Wildman–Crippen MR) is 159 cm³/mol. The molecule has 0 radical (unpaired) electrons. The Balaban J connectivity index is 1.14. The van der Waals surface area contributed by atoms with Crippen LogP contribution in [0.25, 0.3) is 22.3 Å². The van der Waals surface area contributed by atoms with Crippen molar-refractivity contribution in [3.05, 3.63) is 59.7 Å². The molecule has 0 amide bonds. The fourth-order valence-electron chi connectivity index (χ4n) is 5.96. The number of ether oxygens (including phenoxy) is 1. The summed E-state index contributed by atoms with van der Waals surface area (Å²) in [4.78, 5) is 22.3. The minimum absolute atomic E-state index is 0.00329. The Labute approximate surface area is 245 Å². The molecule has 0 saturated carbocycles.